The molecule has 27 heavy (non-hydrogen) atoms. The smallest absolute Gasteiger partial charge is 0.115 e. The molecule has 0 amide bonds. The first-order valence-electron chi connectivity index (χ1n) is 9.43. The Hall–Kier alpha value is -2.94. The van der Waals surface area contributed by atoms with Crippen molar-refractivity contribution in [2.75, 3.05) is 0 Å². The van der Waals surface area contributed by atoms with Crippen LogP contribution in [0.15, 0.2) is 72.8 Å². The number of aromatic hydroxyl groups is 3. The minimum atomic E-state index is 0.150. The number of hydrogen-bond acceptors (Lipinski definition) is 3. The van der Waals surface area contributed by atoms with Crippen LogP contribution in [0.25, 0.3) is 0 Å². The van der Waals surface area contributed by atoms with Gasteiger partial charge < -0.3 is 15.3 Å². The van der Waals surface area contributed by atoms with E-state index in [0.717, 1.165) is 30.4 Å². The highest BCUT2D eigenvalue weighted by Gasteiger charge is 2.21. The van der Waals surface area contributed by atoms with Gasteiger partial charge in [-0.05, 0) is 71.8 Å². The molecule has 1 atom stereocenters. The van der Waals surface area contributed by atoms with Gasteiger partial charge in [0, 0.05) is 5.92 Å². The molecule has 0 saturated carbocycles. The molecule has 3 aromatic carbocycles. The van der Waals surface area contributed by atoms with Gasteiger partial charge in [0.05, 0.1) is 0 Å². The maximum Gasteiger partial charge on any atom is 0.115 e. The van der Waals surface area contributed by atoms with Crippen molar-refractivity contribution in [3.63, 3.8) is 0 Å². The van der Waals surface area contributed by atoms with Gasteiger partial charge in [0.15, 0.2) is 0 Å². The largest absolute Gasteiger partial charge is 0.508 e. The summed E-state index contributed by atoms with van der Waals surface area (Å²) in [7, 11) is 0. The lowest BCUT2D eigenvalue weighted by atomic mass is 9.79. The Morgan fingerprint density at radius 1 is 0.593 bits per heavy atom. The lowest BCUT2D eigenvalue weighted by molar-refractivity contribution is 0.473. The highest BCUT2D eigenvalue weighted by molar-refractivity contribution is 5.39. The van der Waals surface area contributed by atoms with Crippen LogP contribution in [-0.4, -0.2) is 15.3 Å². The van der Waals surface area contributed by atoms with Gasteiger partial charge in [-0.25, -0.2) is 0 Å². The van der Waals surface area contributed by atoms with Gasteiger partial charge in [-0.15, -0.1) is 0 Å². The van der Waals surface area contributed by atoms with E-state index in [0.29, 0.717) is 5.92 Å². The van der Waals surface area contributed by atoms with Gasteiger partial charge in [-0.3, -0.25) is 0 Å². The predicted molar refractivity (Wildman–Crippen MR) is 108 cm³/mol. The van der Waals surface area contributed by atoms with Crippen molar-refractivity contribution in [1.29, 1.82) is 0 Å². The number of phenolic OH excluding ortho intramolecular Hbond substituents is 3. The second-order valence-corrected chi connectivity index (χ2v) is 7.05. The van der Waals surface area contributed by atoms with E-state index in [1.165, 1.54) is 5.56 Å². The Labute approximate surface area is 160 Å². The van der Waals surface area contributed by atoms with Crippen LogP contribution in [0, 0.1) is 0 Å². The average molecular weight is 362 g/mol. The van der Waals surface area contributed by atoms with Gasteiger partial charge in [0.2, 0.25) is 0 Å². The van der Waals surface area contributed by atoms with E-state index in [9.17, 15) is 15.3 Å². The zero-order valence-corrected chi connectivity index (χ0v) is 15.5. The van der Waals surface area contributed by atoms with Crippen molar-refractivity contribution in [2.24, 2.45) is 0 Å². The molecular formula is C24H26O3. The summed E-state index contributed by atoms with van der Waals surface area (Å²) in [5.74, 6) is 1.29. The van der Waals surface area contributed by atoms with Crippen LogP contribution in [-0.2, 0) is 0 Å². The molecule has 0 bridgehead atoms. The predicted octanol–water partition coefficient (Wildman–Crippen LogP) is 5.91. The van der Waals surface area contributed by atoms with Crippen LogP contribution in [0.3, 0.4) is 0 Å². The van der Waals surface area contributed by atoms with Crippen LogP contribution in [0.2, 0.25) is 0 Å². The zero-order chi connectivity index (χ0) is 19.2. The monoisotopic (exact) mass is 362 g/mol. The van der Waals surface area contributed by atoms with Crippen molar-refractivity contribution < 1.29 is 15.3 Å². The van der Waals surface area contributed by atoms with E-state index < -0.39 is 0 Å². The van der Waals surface area contributed by atoms with E-state index in [1.54, 1.807) is 36.4 Å². The summed E-state index contributed by atoms with van der Waals surface area (Å²) in [5, 5.41) is 28.9. The molecule has 140 valence electrons. The number of phenols is 3. The van der Waals surface area contributed by atoms with E-state index in [2.05, 4.69) is 6.92 Å². The highest BCUT2D eigenvalue weighted by atomic mass is 16.3. The molecule has 3 rings (SSSR count). The fourth-order valence-corrected chi connectivity index (χ4v) is 3.68. The molecule has 0 fully saturated rings. The van der Waals surface area contributed by atoms with Crippen molar-refractivity contribution >= 4 is 0 Å². The second kappa shape index (κ2) is 8.63. The number of hydrogen-bond donors (Lipinski definition) is 3. The number of rotatable bonds is 7. The van der Waals surface area contributed by atoms with Crippen LogP contribution in [0.1, 0.15) is 54.7 Å². The minimum absolute atomic E-state index is 0.150. The number of benzene rings is 3. The summed E-state index contributed by atoms with van der Waals surface area (Å²) in [4.78, 5) is 0. The van der Waals surface area contributed by atoms with Crippen molar-refractivity contribution in [1.82, 2.24) is 0 Å². The molecule has 3 aromatic rings. The summed E-state index contributed by atoms with van der Waals surface area (Å²) in [6.07, 6.45) is 3.04. The Bertz CT molecular complexity index is 791. The second-order valence-electron chi connectivity index (χ2n) is 7.05. The average Bonchev–Trinajstić information content (AvgIpc) is 2.68. The van der Waals surface area contributed by atoms with Gasteiger partial charge in [-0.1, -0.05) is 49.7 Å². The van der Waals surface area contributed by atoms with E-state index >= 15 is 0 Å². The van der Waals surface area contributed by atoms with Crippen LogP contribution in [0.4, 0.5) is 0 Å². The molecule has 0 aliphatic heterocycles. The summed E-state index contributed by atoms with van der Waals surface area (Å²) >= 11 is 0. The lowest BCUT2D eigenvalue weighted by Crippen LogP contribution is -2.08. The normalized spacial score (nSPS) is 12.2. The molecule has 0 aliphatic carbocycles. The molecule has 3 nitrogen and oxygen atoms in total. The summed E-state index contributed by atoms with van der Waals surface area (Å²) in [6.45, 7) is 2.18. The molecule has 0 radical (unpaired) electrons. The van der Waals surface area contributed by atoms with Crippen LogP contribution in [0.5, 0.6) is 17.2 Å². The molecule has 0 saturated heterocycles. The fourth-order valence-electron chi connectivity index (χ4n) is 3.68. The first-order valence-corrected chi connectivity index (χ1v) is 9.43. The third-order valence-corrected chi connectivity index (χ3v) is 5.11. The highest BCUT2D eigenvalue weighted by Crippen LogP contribution is 2.38. The Kier molecular flexibility index (Phi) is 6.02. The molecule has 0 heterocycles. The lowest BCUT2D eigenvalue weighted by Gasteiger charge is -2.25. The molecule has 0 spiro atoms. The molecule has 3 heteroatoms. The van der Waals surface area contributed by atoms with Crippen LogP contribution >= 0.6 is 0 Å². The van der Waals surface area contributed by atoms with Crippen molar-refractivity contribution in [2.45, 2.75) is 38.0 Å². The maximum atomic E-state index is 9.66. The quantitative estimate of drug-likeness (QED) is 0.490. The first-order chi connectivity index (χ1) is 13.1. The molecule has 1 unspecified atom stereocenters. The van der Waals surface area contributed by atoms with Crippen molar-refractivity contribution in [3.8, 4) is 17.2 Å². The summed E-state index contributed by atoms with van der Waals surface area (Å²) < 4.78 is 0. The fraction of sp³-hybridized carbons (Fsp3) is 0.250. The Morgan fingerprint density at radius 3 is 1.33 bits per heavy atom. The minimum Gasteiger partial charge on any atom is -0.508 e. The standard InChI is InChI=1S/C24H26O3/c1-2-3-20(17-4-10-21(25)11-5-17)16-24(18-6-12-22(26)13-7-18)19-8-14-23(27)15-9-19/h4-15,20,24-27H,2-3,16H2,1H3. The Balaban J connectivity index is 1.96. The molecular weight excluding hydrogens is 336 g/mol. The topological polar surface area (TPSA) is 60.7 Å². The third-order valence-electron chi connectivity index (χ3n) is 5.11. The summed E-state index contributed by atoms with van der Waals surface area (Å²) in [6, 6.07) is 22.2. The molecule has 0 aromatic heterocycles. The van der Waals surface area contributed by atoms with E-state index in [-0.39, 0.29) is 23.2 Å². The first kappa shape index (κ1) is 18.8. The van der Waals surface area contributed by atoms with E-state index in [4.69, 9.17) is 0 Å². The van der Waals surface area contributed by atoms with Gasteiger partial charge >= 0.3 is 0 Å². The van der Waals surface area contributed by atoms with Crippen LogP contribution < -0.4 is 0 Å². The SMILES string of the molecule is CCCC(CC(c1ccc(O)cc1)c1ccc(O)cc1)c1ccc(O)cc1. The maximum absolute atomic E-state index is 9.66. The molecule has 0 aliphatic rings. The van der Waals surface area contributed by atoms with Gasteiger partial charge in [-0.2, -0.15) is 0 Å². The Morgan fingerprint density at radius 2 is 0.963 bits per heavy atom. The zero-order valence-electron chi connectivity index (χ0n) is 15.5. The van der Waals surface area contributed by atoms with Gasteiger partial charge in [0.1, 0.15) is 17.2 Å². The van der Waals surface area contributed by atoms with Gasteiger partial charge in [0.25, 0.3) is 0 Å². The third kappa shape index (κ3) is 4.82. The summed E-state index contributed by atoms with van der Waals surface area (Å²) in [5.41, 5.74) is 3.49. The van der Waals surface area contributed by atoms with E-state index in [1.807, 2.05) is 36.4 Å². The molecule has 3 N–H and O–H groups in total. The van der Waals surface area contributed by atoms with Crippen molar-refractivity contribution in [3.05, 3.63) is 89.5 Å².